The Morgan fingerprint density at radius 3 is 2.83 bits per heavy atom. The van der Waals surface area contributed by atoms with Gasteiger partial charge in [0.15, 0.2) is 5.69 Å². The lowest BCUT2D eigenvalue weighted by molar-refractivity contribution is 0.303. The van der Waals surface area contributed by atoms with Gasteiger partial charge in [-0.15, -0.1) is 0 Å². The molecule has 0 aliphatic carbocycles. The van der Waals surface area contributed by atoms with Gasteiger partial charge in [0.05, 0.1) is 10.2 Å². The number of rotatable bonds is 6. The van der Waals surface area contributed by atoms with Gasteiger partial charge < -0.3 is 5.73 Å². The SMILES string of the molecule is NCCCCc1nonc1-c1noc(=O)n1-c1ccc(F)c(Br)c1. The predicted octanol–water partition coefficient (Wildman–Crippen LogP) is 2.06. The van der Waals surface area contributed by atoms with Crippen molar-refractivity contribution >= 4 is 15.9 Å². The van der Waals surface area contributed by atoms with Gasteiger partial charge in [0.2, 0.25) is 5.82 Å². The number of hydrogen-bond acceptors (Lipinski definition) is 7. The van der Waals surface area contributed by atoms with E-state index in [4.69, 9.17) is 14.9 Å². The van der Waals surface area contributed by atoms with Crippen LogP contribution >= 0.6 is 15.9 Å². The summed E-state index contributed by atoms with van der Waals surface area (Å²) in [6.45, 7) is 0.568. The Morgan fingerprint density at radius 2 is 2.08 bits per heavy atom. The highest BCUT2D eigenvalue weighted by Gasteiger charge is 2.22. The fourth-order valence-electron chi connectivity index (χ4n) is 2.23. The minimum Gasteiger partial charge on any atom is -0.330 e. The van der Waals surface area contributed by atoms with Gasteiger partial charge in [-0.3, -0.25) is 4.52 Å². The lowest BCUT2D eigenvalue weighted by Gasteiger charge is -2.04. The summed E-state index contributed by atoms with van der Waals surface area (Å²) >= 11 is 3.09. The van der Waals surface area contributed by atoms with E-state index in [1.54, 1.807) is 0 Å². The third kappa shape index (κ3) is 3.15. The van der Waals surface area contributed by atoms with Crippen LogP contribution in [0.1, 0.15) is 18.5 Å². The lowest BCUT2D eigenvalue weighted by Crippen LogP contribution is -2.14. The quantitative estimate of drug-likeness (QED) is 0.633. The third-order valence-corrected chi connectivity index (χ3v) is 4.01. The van der Waals surface area contributed by atoms with Crippen LogP contribution in [0.4, 0.5) is 4.39 Å². The van der Waals surface area contributed by atoms with Crippen molar-refractivity contribution in [3.8, 4) is 17.2 Å². The maximum Gasteiger partial charge on any atom is 0.446 e. The maximum atomic E-state index is 13.4. The van der Waals surface area contributed by atoms with Gasteiger partial charge in [-0.25, -0.2) is 18.4 Å². The maximum absolute atomic E-state index is 13.4. The van der Waals surface area contributed by atoms with Crippen LogP contribution in [0, 0.1) is 5.82 Å². The number of nitrogens with zero attached hydrogens (tertiary/aromatic N) is 4. The summed E-state index contributed by atoms with van der Waals surface area (Å²) in [6.07, 6.45) is 2.19. The molecule has 10 heteroatoms. The molecule has 0 bridgehead atoms. The predicted molar refractivity (Wildman–Crippen MR) is 85.0 cm³/mol. The van der Waals surface area contributed by atoms with Crippen LogP contribution in [0.2, 0.25) is 0 Å². The molecule has 8 nitrogen and oxygen atoms in total. The zero-order valence-corrected chi connectivity index (χ0v) is 14.0. The Labute approximate surface area is 143 Å². The van der Waals surface area contributed by atoms with Crippen LogP contribution in [0.3, 0.4) is 0 Å². The number of aryl methyl sites for hydroxylation is 1. The number of hydrogen-bond donors (Lipinski definition) is 1. The standard InChI is InChI=1S/C14H13BrFN5O3/c15-9-7-8(4-5-10(9)16)21-13(20-23-14(21)22)12-11(18-24-19-12)3-1-2-6-17/h4-5,7H,1-3,6,17H2. The molecule has 2 heterocycles. The first kappa shape index (κ1) is 16.5. The van der Waals surface area contributed by atoms with Crippen molar-refractivity contribution in [3.63, 3.8) is 0 Å². The molecular weight excluding hydrogens is 385 g/mol. The Balaban J connectivity index is 2.04. The van der Waals surface area contributed by atoms with Gasteiger partial charge in [0.25, 0.3) is 0 Å². The van der Waals surface area contributed by atoms with E-state index in [0.717, 1.165) is 12.8 Å². The molecule has 2 aromatic heterocycles. The van der Waals surface area contributed by atoms with Crippen LogP contribution < -0.4 is 11.5 Å². The average Bonchev–Trinajstić information content (AvgIpc) is 3.17. The highest BCUT2D eigenvalue weighted by atomic mass is 79.9. The Morgan fingerprint density at radius 1 is 1.25 bits per heavy atom. The highest BCUT2D eigenvalue weighted by Crippen LogP contribution is 2.24. The van der Waals surface area contributed by atoms with E-state index < -0.39 is 11.6 Å². The summed E-state index contributed by atoms with van der Waals surface area (Å²) in [5.74, 6) is -1.03. The van der Waals surface area contributed by atoms with Crippen molar-refractivity contribution < 1.29 is 13.5 Å². The summed E-state index contributed by atoms with van der Waals surface area (Å²) in [5.41, 5.74) is 6.71. The summed E-state index contributed by atoms with van der Waals surface area (Å²) < 4.78 is 24.3. The van der Waals surface area contributed by atoms with Crippen molar-refractivity contribution in [3.05, 3.63) is 44.7 Å². The molecule has 0 radical (unpaired) electrons. The molecule has 0 saturated heterocycles. The fourth-order valence-corrected chi connectivity index (χ4v) is 2.60. The summed E-state index contributed by atoms with van der Waals surface area (Å²) in [4.78, 5) is 12.0. The topological polar surface area (TPSA) is 113 Å². The van der Waals surface area contributed by atoms with Gasteiger partial charge in [-0.1, -0.05) is 10.3 Å². The first-order chi connectivity index (χ1) is 11.6. The molecule has 0 unspecified atom stereocenters. The molecule has 0 saturated carbocycles. The van der Waals surface area contributed by atoms with E-state index in [1.165, 1.54) is 22.8 Å². The summed E-state index contributed by atoms with van der Waals surface area (Å²) in [7, 11) is 0. The van der Waals surface area contributed by atoms with Crippen LogP contribution in [0.25, 0.3) is 17.2 Å². The van der Waals surface area contributed by atoms with Gasteiger partial charge in [0, 0.05) is 0 Å². The molecule has 1 aromatic carbocycles. The van der Waals surface area contributed by atoms with Gasteiger partial charge in [-0.2, -0.15) is 0 Å². The van der Waals surface area contributed by atoms with Gasteiger partial charge in [0.1, 0.15) is 11.5 Å². The second-order valence-electron chi connectivity index (χ2n) is 5.01. The Bertz CT molecular complexity index is 904. The molecule has 0 fully saturated rings. The van der Waals surface area contributed by atoms with E-state index in [9.17, 15) is 9.18 Å². The normalized spacial score (nSPS) is 11.1. The number of aromatic nitrogens is 4. The van der Waals surface area contributed by atoms with Crippen LogP contribution in [0.15, 0.2) is 36.6 Å². The fraction of sp³-hybridized carbons (Fsp3) is 0.286. The molecule has 0 atom stereocenters. The van der Waals surface area contributed by atoms with Crippen LogP contribution in [-0.4, -0.2) is 26.6 Å². The monoisotopic (exact) mass is 397 g/mol. The average molecular weight is 398 g/mol. The second-order valence-corrected chi connectivity index (χ2v) is 5.87. The van der Waals surface area contributed by atoms with Crippen molar-refractivity contribution in [1.29, 1.82) is 0 Å². The molecule has 3 rings (SSSR count). The van der Waals surface area contributed by atoms with Crippen molar-refractivity contribution in [2.45, 2.75) is 19.3 Å². The first-order valence-corrected chi connectivity index (χ1v) is 7.97. The number of unbranched alkanes of at least 4 members (excludes halogenated alkanes) is 1. The molecule has 24 heavy (non-hydrogen) atoms. The van der Waals surface area contributed by atoms with E-state index in [2.05, 4.69) is 31.4 Å². The second kappa shape index (κ2) is 7.05. The number of nitrogens with two attached hydrogens (primary N) is 1. The molecule has 2 N–H and O–H groups in total. The molecule has 0 amide bonds. The van der Waals surface area contributed by atoms with Gasteiger partial charge >= 0.3 is 5.76 Å². The molecule has 3 aromatic rings. The lowest BCUT2D eigenvalue weighted by atomic mass is 10.1. The minimum atomic E-state index is -0.723. The van der Waals surface area contributed by atoms with Gasteiger partial charge in [-0.05, 0) is 65.1 Å². The van der Waals surface area contributed by atoms with Crippen molar-refractivity contribution in [2.24, 2.45) is 5.73 Å². The zero-order valence-electron chi connectivity index (χ0n) is 12.4. The number of benzene rings is 1. The third-order valence-electron chi connectivity index (χ3n) is 3.40. The largest absolute Gasteiger partial charge is 0.446 e. The zero-order chi connectivity index (χ0) is 17.1. The minimum absolute atomic E-state index is 0.141. The van der Waals surface area contributed by atoms with Crippen molar-refractivity contribution in [2.75, 3.05) is 6.54 Å². The highest BCUT2D eigenvalue weighted by molar-refractivity contribution is 9.10. The van der Waals surface area contributed by atoms with Crippen molar-refractivity contribution in [1.82, 2.24) is 20.0 Å². The Kier molecular flexibility index (Phi) is 4.86. The number of halogens is 2. The van der Waals surface area contributed by atoms with E-state index >= 15 is 0 Å². The van der Waals surface area contributed by atoms with E-state index in [-0.39, 0.29) is 10.3 Å². The van der Waals surface area contributed by atoms with E-state index in [1.807, 2.05) is 0 Å². The molecule has 0 aliphatic rings. The van der Waals surface area contributed by atoms with Crippen LogP contribution in [0.5, 0.6) is 0 Å². The first-order valence-electron chi connectivity index (χ1n) is 7.18. The molecule has 126 valence electrons. The molecule has 0 aliphatic heterocycles. The van der Waals surface area contributed by atoms with E-state index in [0.29, 0.717) is 30.0 Å². The molecule has 0 spiro atoms. The summed E-state index contributed by atoms with van der Waals surface area (Å²) in [5, 5.41) is 11.4. The van der Waals surface area contributed by atoms with Crippen LogP contribution in [-0.2, 0) is 6.42 Å². The molecular formula is C14H13BrFN5O3. The summed E-state index contributed by atoms with van der Waals surface area (Å²) in [6, 6.07) is 4.11. The Hall–Kier alpha value is -2.33. The smallest absolute Gasteiger partial charge is 0.330 e.